The minimum atomic E-state index is -0.746. The van der Waals surface area contributed by atoms with Crippen molar-refractivity contribution in [3.63, 3.8) is 0 Å². The van der Waals surface area contributed by atoms with Crippen molar-refractivity contribution in [2.75, 3.05) is 0 Å². The van der Waals surface area contributed by atoms with E-state index in [0.717, 1.165) is 0 Å². The Bertz CT molecular complexity index is 590. The second-order valence-electron chi connectivity index (χ2n) is 4.11. The summed E-state index contributed by atoms with van der Waals surface area (Å²) >= 11 is 0. The van der Waals surface area contributed by atoms with E-state index in [0.29, 0.717) is 11.5 Å². The molecule has 2 aromatic carbocycles. The first-order valence-electron chi connectivity index (χ1n) is 6.41. The Balaban J connectivity index is 2.05. The summed E-state index contributed by atoms with van der Waals surface area (Å²) in [6.45, 7) is 1.58. The van der Waals surface area contributed by atoms with Crippen molar-refractivity contribution in [3.8, 4) is 11.5 Å². The van der Waals surface area contributed by atoms with Crippen LogP contribution >= 0.6 is 0 Å². The third kappa shape index (κ3) is 4.04. The SMILES string of the molecule is CC=C(C(=O)Oc1ccccc1)C(=O)Oc1ccccc1. The minimum absolute atomic E-state index is 0.150. The summed E-state index contributed by atoms with van der Waals surface area (Å²) in [5.41, 5.74) is -0.150. The normalized spacial score (nSPS) is 9.57. The first-order chi connectivity index (χ1) is 10.2. The molecule has 106 valence electrons. The van der Waals surface area contributed by atoms with E-state index in [-0.39, 0.29) is 5.57 Å². The van der Waals surface area contributed by atoms with E-state index < -0.39 is 11.9 Å². The molecule has 4 nitrogen and oxygen atoms in total. The van der Waals surface area contributed by atoms with Crippen molar-refractivity contribution in [2.45, 2.75) is 6.92 Å². The maximum Gasteiger partial charge on any atom is 0.350 e. The quantitative estimate of drug-likeness (QED) is 0.284. The van der Waals surface area contributed by atoms with Gasteiger partial charge in [0.25, 0.3) is 0 Å². The number of carbonyl (C=O) groups excluding carboxylic acids is 2. The highest BCUT2D eigenvalue weighted by atomic mass is 16.6. The molecular formula is C17H14O4. The highest BCUT2D eigenvalue weighted by molar-refractivity contribution is 6.15. The largest absolute Gasteiger partial charge is 0.423 e. The molecule has 0 saturated carbocycles. The molecule has 0 atom stereocenters. The average molecular weight is 282 g/mol. The average Bonchev–Trinajstić information content (AvgIpc) is 2.50. The van der Waals surface area contributed by atoms with Crippen molar-refractivity contribution in [1.82, 2.24) is 0 Å². The van der Waals surface area contributed by atoms with Gasteiger partial charge >= 0.3 is 11.9 Å². The second kappa shape index (κ2) is 7.05. The van der Waals surface area contributed by atoms with Crippen LogP contribution in [0.2, 0.25) is 0 Å². The Morgan fingerprint density at radius 1 is 0.762 bits per heavy atom. The molecule has 0 aliphatic rings. The van der Waals surface area contributed by atoms with Crippen LogP contribution in [0.5, 0.6) is 11.5 Å². The molecule has 2 aromatic rings. The lowest BCUT2D eigenvalue weighted by molar-refractivity contribution is -0.137. The van der Waals surface area contributed by atoms with Crippen LogP contribution in [0.3, 0.4) is 0 Å². The van der Waals surface area contributed by atoms with Gasteiger partial charge in [0.1, 0.15) is 17.1 Å². The van der Waals surface area contributed by atoms with E-state index >= 15 is 0 Å². The van der Waals surface area contributed by atoms with Gasteiger partial charge in [-0.3, -0.25) is 0 Å². The van der Waals surface area contributed by atoms with Crippen LogP contribution in [0.25, 0.3) is 0 Å². The third-order valence-electron chi connectivity index (χ3n) is 2.64. The van der Waals surface area contributed by atoms with Crippen molar-refractivity contribution in [3.05, 3.63) is 72.3 Å². The summed E-state index contributed by atoms with van der Waals surface area (Å²) in [4.78, 5) is 24.0. The third-order valence-corrected chi connectivity index (χ3v) is 2.64. The Morgan fingerprint density at radius 2 is 1.14 bits per heavy atom. The smallest absolute Gasteiger partial charge is 0.350 e. The maximum absolute atomic E-state index is 12.0. The van der Waals surface area contributed by atoms with Crippen LogP contribution < -0.4 is 9.47 Å². The van der Waals surface area contributed by atoms with E-state index in [9.17, 15) is 9.59 Å². The van der Waals surface area contributed by atoms with E-state index in [4.69, 9.17) is 9.47 Å². The zero-order valence-electron chi connectivity index (χ0n) is 11.5. The number of para-hydroxylation sites is 2. The molecule has 21 heavy (non-hydrogen) atoms. The Morgan fingerprint density at radius 3 is 1.48 bits per heavy atom. The van der Waals surface area contributed by atoms with Crippen LogP contribution in [-0.4, -0.2) is 11.9 Å². The zero-order valence-corrected chi connectivity index (χ0v) is 11.5. The standard InChI is InChI=1S/C17H14O4/c1-2-15(16(18)20-13-9-5-3-6-10-13)17(19)21-14-11-7-4-8-12-14/h2-12H,1H3. The maximum atomic E-state index is 12.0. The fourth-order valence-electron chi connectivity index (χ4n) is 1.62. The van der Waals surface area contributed by atoms with Gasteiger partial charge in [-0.1, -0.05) is 42.5 Å². The monoisotopic (exact) mass is 282 g/mol. The van der Waals surface area contributed by atoms with Crippen LogP contribution in [0, 0.1) is 0 Å². The summed E-state index contributed by atoms with van der Waals surface area (Å²) in [6, 6.07) is 17.1. The van der Waals surface area contributed by atoms with Crippen LogP contribution in [0.1, 0.15) is 6.92 Å². The lowest BCUT2D eigenvalue weighted by Crippen LogP contribution is -2.22. The molecule has 0 aliphatic heterocycles. The van der Waals surface area contributed by atoms with Gasteiger partial charge in [0.2, 0.25) is 0 Å². The molecule has 0 saturated heterocycles. The Labute approximate surface area is 122 Å². The van der Waals surface area contributed by atoms with Gasteiger partial charge in [0.05, 0.1) is 0 Å². The van der Waals surface area contributed by atoms with Gasteiger partial charge < -0.3 is 9.47 Å². The molecule has 0 bridgehead atoms. The van der Waals surface area contributed by atoms with Crippen molar-refractivity contribution in [1.29, 1.82) is 0 Å². The second-order valence-corrected chi connectivity index (χ2v) is 4.11. The minimum Gasteiger partial charge on any atom is -0.423 e. The van der Waals surface area contributed by atoms with Gasteiger partial charge in [-0.25, -0.2) is 9.59 Å². The number of rotatable bonds is 4. The first-order valence-corrected chi connectivity index (χ1v) is 6.41. The van der Waals surface area contributed by atoms with E-state index in [1.807, 2.05) is 0 Å². The van der Waals surface area contributed by atoms with Gasteiger partial charge in [-0.15, -0.1) is 0 Å². The van der Waals surface area contributed by atoms with E-state index in [1.54, 1.807) is 67.6 Å². The summed E-state index contributed by atoms with van der Waals surface area (Å²) in [7, 11) is 0. The lowest BCUT2D eigenvalue weighted by atomic mass is 10.2. The Hall–Kier alpha value is -2.88. The fraction of sp³-hybridized carbons (Fsp3) is 0.0588. The molecule has 0 radical (unpaired) electrons. The highest BCUT2D eigenvalue weighted by Gasteiger charge is 2.21. The highest BCUT2D eigenvalue weighted by Crippen LogP contribution is 2.14. The van der Waals surface area contributed by atoms with Gasteiger partial charge in [-0.2, -0.15) is 0 Å². The zero-order chi connectivity index (χ0) is 15.1. The van der Waals surface area contributed by atoms with E-state index in [2.05, 4.69) is 0 Å². The lowest BCUT2D eigenvalue weighted by Gasteiger charge is -2.07. The van der Waals surface area contributed by atoms with Crippen molar-refractivity contribution in [2.24, 2.45) is 0 Å². The fourth-order valence-corrected chi connectivity index (χ4v) is 1.62. The van der Waals surface area contributed by atoms with Crippen molar-refractivity contribution >= 4 is 11.9 Å². The number of hydrogen-bond donors (Lipinski definition) is 0. The predicted octanol–water partition coefficient (Wildman–Crippen LogP) is 3.14. The molecular weight excluding hydrogens is 268 g/mol. The number of esters is 2. The molecule has 0 fully saturated rings. The van der Waals surface area contributed by atoms with Gasteiger partial charge in [-0.05, 0) is 31.2 Å². The topological polar surface area (TPSA) is 52.6 Å². The Kier molecular flexibility index (Phi) is 4.88. The van der Waals surface area contributed by atoms with Crippen LogP contribution in [0.4, 0.5) is 0 Å². The number of hydrogen-bond acceptors (Lipinski definition) is 4. The molecule has 0 N–H and O–H groups in total. The molecule has 0 aromatic heterocycles. The predicted molar refractivity (Wildman–Crippen MR) is 77.9 cm³/mol. The number of carbonyl (C=O) groups is 2. The molecule has 0 unspecified atom stereocenters. The summed E-state index contributed by atoms with van der Waals surface area (Å²) in [5.74, 6) is -0.752. The first kappa shape index (κ1) is 14.5. The molecule has 0 spiro atoms. The van der Waals surface area contributed by atoms with Crippen molar-refractivity contribution < 1.29 is 19.1 Å². The summed E-state index contributed by atoms with van der Waals surface area (Å²) in [5, 5.41) is 0. The molecule has 0 amide bonds. The molecule has 0 aliphatic carbocycles. The van der Waals surface area contributed by atoms with E-state index in [1.165, 1.54) is 6.08 Å². The molecule has 2 rings (SSSR count). The van der Waals surface area contributed by atoms with Crippen LogP contribution in [-0.2, 0) is 9.59 Å². The number of ether oxygens (including phenoxy) is 2. The summed E-state index contributed by atoms with van der Waals surface area (Å²) in [6.07, 6.45) is 1.37. The number of benzene rings is 2. The van der Waals surface area contributed by atoms with Gasteiger partial charge in [0.15, 0.2) is 0 Å². The summed E-state index contributed by atoms with van der Waals surface area (Å²) < 4.78 is 10.2. The molecule has 4 heteroatoms. The number of allylic oxidation sites excluding steroid dienone is 1. The van der Waals surface area contributed by atoms with Gasteiger partial charge in [0, 0.05) is 0 Å². The van der Waals surface area contributed by atoms with Crippen LogP contribution in [0.15, 0.2) is 72.3 Å². The molecule has 0 heterocycles.